The first kappa shape index (κ1) is 7.76. The van der Waals surface area contributed by atoms with Gasteiger partial charge in [0.05, 0.1) is 0 Å². The smallest absolute Gasteiger partial charge is 0.0377 e. The number of rotatable bonds is 2. The van der Waals surface area contributed by atoms with Crippen LogP contribution in [0.15, 0.2) is 16.0 Å². The van der Waals surface area contributed by atoms with E-state index in [0.29, 0.717) is 0 Å². The number of nitrogens with zero attached hydrogens (tertiary/aromatic N) is 1. The second-order valence-electron chi connectivity index (χ2n) is 1.46. The molecule has 0 aromatic rings. The van der Waals surface area contributed by atoms with Crippen molar-refractivity contribution in [2.75, 3.05) is 0 Å². The molecule has 8 heavy (non-hydrogen) atoms. The third kappa shape index (κ3) is 2.86. The van der Waals surface area contributed by atoms with Crippen molar-refractivity contribution in [2.45, 2.75) is 20.3 Å². The molecule has 0 amide bonds. The van der Waals surface area contributed by atoms with E-state index in [0.717, 1.165) is 6.42 Å². The molecule has 2 heteroatoms. The van der Waals surface area contributed by atoms with Gasteiger partial charge in [-0.3, -0.25) is 0 Å². The first-order valence-corrected chi connectivity index (χ1v) is 3.07. The van der Waals surface area contributed by atoms with Crippen LogP contribution < -0.4 is 0 Å². The van der Waals surface area contributed by atoms with Crippen LogP contribution in [0.1, 0.15) is 20.3 Å². The monoisotopic (exact) mass is 129 g/mol. The number of hydrogen-bond donors (Lipinski definition) is 1. The summed E-state index contributed by atoms with van der Waals surface area (Å²) in [7, 11) is 0. The van der Waals surface area contributed by atoms with Gasteiger partial charge in [-0.1, -0.05) is 13.0 Å². The molecule has 0 aliphatic rings. The molecule has 46 valence electrons. The van der Waals surface area contributed by atoms with Crippen LogP contribution in [0.2, 0.25) is 0 Å². The van der Waals surface area contributed by atoms with Gasteiger partial charge in [0.15, 0.2) is 0 Å². The predicted molar refractivity (Wildman–Crippen MR) is 41.5 cm³/mol. The summed E-state index contributed by atoms with van der Waals surface area (Å²) in [6.07, 6.45) is 4.81. The molecule has 0 radical (unpaired) electrons. The normalized spacial score (nSPS) is 13.1. The van der Waals surface area contributed by atoms with Crippen LogP contribution in [-0.2, 0) is 0 Å². The Kier molecular flexibility index (Phi) is 4.76. The summed E-state index contributed by atoms with van der Waals surface area (Å²) in [6.45, 7) is 4.08. The SMILES string of the molecule is C/C=C(/C=NS)CC. The molecule has 0 N–H and O–H groups in total. The summed E-state index contributed by atoms with van der Waals surface area (Å²) in [5.41, 5.74) is 1.22. The first-order chi connectivity index (χ1) is 3.85. The molecule has 0 aliphatic heterocycles. The fourth-order valence-electron chi connectivity index (χ4n) is 0.444. The van der Waals surface area contributed by atoms with E-state index in [4.69, 9.17) is 0 Å². The average molecular weight is 129 g/mol. The van der Waals surface area contributed by atoms with Gasteiger partial charge in [0, 0.05) is 6.21 Å². The van der Waals surface area contributed by atoms with Gasteiger partial charge < -0.3 is 0 Å². The lowest BCUT2D eigenvalue weighted by Gasteiger charge is -1.88. The van der Waals surface area contributed by atoms with Crippen molar-refractivity contribution in [1.82, 2.24) is 0 Å². The summed E-state index contributed by atoms with van der Waals surface area (Å²) in [6, 6.07) is 0. The molecule has 0 spiro atoms. The van der Waals surface area contributed by atoms with Crippen LogP contribution in [0.4, 0.5) is 0 Å². The summed E-state index contributed by atoms with van der Waals surface area (Å²) >= 11 is 3.70. The highest BCUT2D eigenvalue weighted by molar-refractivity contribution is 7.78. The van der Waals surface area contributed by atoms with Crippen LogP contribution in [0.5, 0.6) is 0 Å². The Hall–Kier alpha value is -0.240. The zero-order chi connectivity index (χ0) is 6.41. The van der Waals surface area contributed by atoms with Crippen LogP contribution >= 0.6 is 12.8 Å². The molecule has 0 aliphatic carbocycles. The molecule has 0 saturated heterocycles. The second kappa shape index (κ2) is 4.91. The predicted octanol–water partition coefficient (Wildman–Crippen LogP) is 2.26. The van der Waals surface area contributed by atoms with Crippen molar-refractivity contribution in [2.24, 2.45) is 4.40 Å². The highest BCUT2D eigenvalue weighted by Crippen LogP contribution is 1.95. The van der Waals surface area contributed by atoms with Gasteiger partial charge in [-0.05, 0) is 31.7 Å². The van der Waals surface area contributed by atoms with E-state index in [1.54, 1.807) is 6.21 Å². The molecule has 0 fully saturated rings. The maximum atomic E-state index is 3.70. The lowest BCUT2D eigenvalue weighted by molar-refractivity contribution is 1.17. The molecule has 0 atom stereocenters. The Morgan fingerprint density at radius 2 is 2.38 bits per heavy atom. The van der Waals surface area contributed by atoms with Crippen LogP contribution in [-0.4, -0.2) is 6.21 Å². The van der Waals surface area contributed by atoms with Crippen LogP contribution in [0.25, 0.3) is 0 Å². The lowest BCUT2D eigenvalue weighted by Crippen LogP contribution is -1.77. The number of thiol groups is 1. The molecule has 0 aromatic heterocycles. The molecule has 0 unspecified atom stereocenters. The quantitative estimate of drug-likeness (QED) is 0.434. The van der Waals surface area contributed by atoms with Crippen molar-refractivity contribution in [3.63, 3.8) is 0 Å². The number of allylic oxidation sites excluding steroid dienone is 2. The summed E-state index contributed by atoms with van der Waals surface area (Å²) < 4.78 is 3.58. The first-order valence-electron chi connectivity index (χ1n) is 2.67. The molecule has 0 rings (SSSR count). The number of hydrogen-bond acceptors (Lipinski definition) is 2. The Bertz CT molecular complexity index is 102. The molecule has 0 bridgehead atoms. The minimum atomic E-state index is 1.03. The summed E-state index contributed by atoms with van der Waals surface area (Å²) in [4.78, 5) is 0. The topological polar surface area (TPSA) is 12.4 Å². The maximum Gasteiger partial charge on any atom is 0.0377 e. The minimum absolute atomic E-state index is 1.03. The average Bonchev–Trinajstić information content (AvgIpc) is 1.83. The summed E-state index contributed by atoms with van der Waals surface area (Å²) in [5, 5.41) is 0. The zero-order valence-corrected chi connectivity index (χ0v) is 6.15. The highest BCUT2D eigenvalue weighted by Gasteiger charge is 1.81. The largest absolute Gasteiger partial charge is 0.228 e. The molecule has 1 nitrogen and oxygen atoms in total. The fourth-order valence-corrected chi connectivity index (χ4v) is 0.592. The van der Waals surface area contributed by atoms with Crippen molar-refractivity contribution in [3.05, 3.63) is 11.6 Å². The molecular formula is C6H11NS. The third-order valence-electron chi connectivity index (χ3n) is 1.00. The standard InChI is InChI=1S/C6H11NS/c1-3-6(4-2)5-7-8/h3,5,8H,4H2,1-2H3/b6-3+,7-5?. The van der Waals surface area contributed by atoms with E-state index in [2.05, 4.69) is 24.1 Å². The van der Waals surface area contributed by atoms with Crippen molar-refractivity contribution >= 4 is 19.0 Å². The lowest BCUT2D eigenvalue weighted by atomic mass is 10.2. The van der Waals surface area contributed by atoms with Crippen molar-refractivity contribution in [1.29, 1.82) is 0 Å². The van der Waals surface area contributed by atoms with Gasteiger partial charge in [-0.2, -0.15) is 0 Å². The highest BCUT2D eigenvalue weighted by atomic mass is 32.1. The van der Waals surface area contributed by atoms with Gasteiger partial charge in [0.1, 0.15) is 0 Å². The van der Waals surface area contributed by atoms with E-state index in [1.807, 2.05) is 13.0 Å². The Labute approximate surface area is 56.1 Å². The second-order valence-corrected chi connectivity index (χ2v) is 1.69. The van der Waals surface area contributed by atoms with Gasteiger partial charge >= 0.3 is 0 Å². The zero-order valence-electron chi connectivity index (χ0n) is 5.26. The van der Waals surface area contributed by atoms with Crippen molar-refractivity contribution < 1.29 is 0 Å². The Balaban J connectivity index is 3.72. The van der Waals surface area contributed by atoms with E-state index in [1.165, 1.54) is 5.57 Å². The fraction of sp³-hybridized carbons (Fsp3) is 0.500. The van der Waals surface area contributed by atoms with E-state index in [-0.39, 0.29) is 0 Å². The Morgan fingerprint density at radius 1 is 1.75 bits per heavy atom. The van der Waals surface area contributed by atoms with E-state index in [9.17, 15) is 0 Å². The third-order valence-corrected chi connectivity index (χ3v) is 1.12. The molecule has 0 saturated carbocycles. The van der Waals surface area contributed by atoms with Crippen LogP contribution in [0.3, 0.4) is 0 Å². The Morgan fingerprint density at radius 3 is 2.50 bits per heavy atom. The van der Waals surface area contributed by atoms with E-state index >= 15 is 0 Å². The van der Waals surface area contributed by atoms with Crippen LogP contribution in [0, 0.1) is 0 Å². The maximum absolute atomic E-state index is 3.70. The van der Waals surface area contributed by atoms with Crippen molar-refractivity contribution in [3.8, 4) is 0 Å². The van der Waals surface area contributed by atoms with Gasteiger partial charge in [0.2, 0.25) is 0 Å². The molecular weight excluding hydrogens is 118 g/mol. The summed E-state index contributed by atoms with van der Waals surface area (Å²) in [5.74, 6) is 0. The van der Waals surface area contributed by atoms with Gasteiger partial charge in [0.25, 0.3) is 0 Å². The van der Waals surface area contributed by atoms with Gasteiger partial charge in [-0.25, -0.2) is 4.40 Å². The van der Waals surface area contributed by atoms with E-state index < -0.39 is 0 Å². The molecule has 0 aromatic carbocycles. The molecule has 0 heterocycles. The minimum Gasteiger partial charge on any atom is -0.228 e. The van der Waals surface area contributed by atoms with Gasteiger partial charge in [-0.15, -0.1) is 0 Å².